The van der Waals surface area contributed by atoms with Gasteiger partial charge in [-0.25, -0.2) is 0 Å². The van der Waals surface area contributed by atoms with Gasteiger partial charge in [0.1, 0.15) is 0 Å². The summed E-state index contributed by atoms with van der Waals surface area (Å²) in [6, 6.07) is 0. The first kappa shape index (κ1) is 12.0. The summed E-state index contributed by atoms with van der Waals surface area (Å²) in [5.74, 6) is -0.571. The monoisotopic (exact) mass is 214 g/mol. The van der Waals surface area contributed by atoms with Crippen LogP contribution in [0.25, 0.3) is 0 Å². The van der Waals surface area contributed by atoms with Crippen LogP contribution in [0, 0.1) is 5.41 Å². The molecule has 4 heteroatoms. The maximum absolute atomic E-state index is 11.8. The van der Waals surface area contributed by atoms with Crippen molar-refractivity contribution >= 4 is 11.9 Å². The molecule has 1 aliphatic carbocycles. The molecular formula is C11H18O4. The van der Waals surface area contributed by atoms with Crippen LogP contribution >= 0.6 is 0 Å². The Morgan fingerprint density at radius 1 is 1.27 bits per heavy atom. The minimum atomic E-state index is -0.608. The third-order valence-corrected chi connectivity index (χ3v) is 2.98. The van der Waals surface area contributed by atoms with Crippen molar-refractivity contribution in [1.29, 1.82) is 0 Å². The molecule has 1 fully saturated rings. The van der Waals surface area contributed by atoms with Crippen LogP contribution in [0.2, 0.25) is 0 Å². The molecule has 86 valence electrons. The van der Waals surface area contributed by atoms with Gasteiger partial charge >= 0.3 is 11.9 Å². The molecule has 1 saturated carbocycles. The van der Waals surface area contributed by atoms with Gasteiger partial charge in [0.2, 0.25) is 0 Å². The van der Waals surface area contributed by atoms with E-state index in [1.807, 2.05) is 0 Å². The van der Waals surface area contributed by atoms with E-state index in [1.54, 1.807) is 6.92 Å². The fourth-order valence-electron chi connectivity index (χ4n) is 2.14. The summed E-state index contributed by atoms with van der Waals surface area (Å²) in [5.41, 5.74) is -0.608. The number of hydrogen-bond donors (Lipinski definition) is 0. The predicted octanol–water partition coefficient (Wildman–Crippen LogP) is 1.67. The van der Waals surface area contributed by atoms with Crippen LogP contribution in [-0.2, 0) is 19.1 Å². The van der Waals surface area contributed by atoms with Crippen molar-refractivity contribution in [3.05, 3.63) is 0 Å². The van der Waals surface area contributed by atoms with Crippen LogP contribution in [0.3, 0.4) is 0 Å². The smallest absolute Gasteiger partial charge is 0.312 e. The largest absolute Gasteiger partial charge is 0.469 e. The standard InChI is InChI=1S/C11H18O4/c1-3-15-10(13)11(6-4-5-7-11)8-9(12)14-2/h3-8H2,1-2H3. The van der Waals surface area contributed by atoms with Gasteiger partial charge in [0.25, 0.3) is 0 Å². The van der Waals surface area contributed by atoms with Crippen molar-refractivity contribution in [2.45, 2.75) is 39.0 Å². The minimum absolute atomic E-state index is 0.155. The van der Waals surface area contributed by atoms with Crippen LogP contribution in [0.5, 0.6) is 0 Å². The normalized spacial score (nSPS) is 18.5. The number of carbonyl (C=O) groups is 2. The Bertz CT molecular complexity index is 241. The predicted molar refractivity (Wildman–Crippen MR) is 54.2 cm³/mol. The molecule has 0 unspecified atom stereocenters. The van der Waals surface area contributed by atoms with Gasteiger partial charge in [0.05, 0.1) is 25.6 Å². The van der Waals surface area contributed by atoms with Crippen LogP contribution < -0.4 is 0 Å². The highest BCUT2D eigenvalue weighted by Crippen LogP contribution is 2.42. The van der Waals surface area contributed by atoms with Gasteiger partial charge in [-0.2, -0.15) is 0 Å². The van der Waals surface area contributed by atoms with Crippen LogP contribution in [-0.4, -0.2) is 25.7 Å². The maximum Gasteiger partial charge on any atom is 0.312 e. The second-order valence-electron chi connectivity index (χ2n) is 3.96. The second-order valence-corrected chi connectivity index (χ2v) is 3.96. The van der Waals surface area contributed by atoms with Crippen molar-refractivity contribution in [1.82, 2.24) is 0 Å². The molecule has 0 spiro atoms. The zero-order valence-corrected chi connectivity index (χ0v) is 9.38. The summed E-state index contributed by atoms with van der Waals surface area (Å²) in [6.07, 6.45) is 3.59. The Morgan fingerprint density at radius 2 is 1.87 bits per heavy atom. The van der Waals surface area contributed by atoms with Crippen molar-refractivity contribution in [2.24, 2.45) is 5.41 Å². The van der Waals surface area contributed by atoms with E-state index in [0.29, 0.717) is 6.61 Å². The second kappa shape index (κ2) is 5.14. The number of rotatable bonds is 4. The van der Waals surface area contributed by atoms with Gasteiger partial charge < -0.3 is 9.47 Å². The van der Waals surface area contributed by atoms with E-state index in [4.69, 9.17) is 4.74 Å². The molecule has 0 radical (unpaired) electrons. The lowest BCUT2D eigenvalue weighted by Gasteiger charge is -2.24. The quantitative estimate of drug-likeness (QED) is 0.668. The molecular weight excluding hydrogens is 196 g/mol. The molecule has 4 nitrogen and oxygen atoms in total. The van der Waals surface area contributed by atoms with Crippen molar-refractivity contribution < 1.29 is 19.1 Å². The zero-order valence-electron chi connectivity index (χ0n) is 9.38. The van der Waals surface area contributed by atoms with Crippen molar-refractivity contribution in [3.8, 4) is 0 Å². The number of esters is 2. The van der Waals surface area contributed by atoms with Crippen molar-refractivity contribution in [3.63, 3.8) is 0 Å². The molecule has 0 aromatic heterocycles. The highest BCUT2D eigenvalue weighted by molar-refractivity contribution is 5.83. The van der Waals surface area contributed by atoms with Gasteiger partial charge in [-0.15, -0.1) is 0 Å². The summed E-state index contributed by atoms with van der Waals surface area (Å²) in [4.78, 5) is 23.0. The fourth-order valence-corrected chi connectivity index (χ4v) is 2.14. The number of carbonyl (C=O) groups excluding carboxylic acids is 2. The molecule has 0 saturated heterocycles. The number of ether oxygens (including phenoxy) is 2. The third-order valence-electron chi connectivity index (χ3n) is 2.98. The fraction of sp³-hybridized carbons (Fsp3) is 0.818. The number of hydrogen-bond acceptors (Lipinski definition) is 4. The van der Waals surface area contributed by atoms with Gasteiger partial charge in [-0.05, 0) is 19.8 Å². The SMILES string of the molecule is CCOC(=O)C1(CC(=O)OC)CCCC1. The van der Waals surface area contributed by atoms with Gasteiger partial charge in [-0.3, -0.25) is 9.59 Å². The van der Waals surface area contributed by atoms with Gasteiger partial charge in [0.15, 0.2) is 0 Å². The van der Waals surface area contributed by atoms with Gasteiger partial charge in [0, 0.05) is 0 Å². The number of methoxy groups -OCH3 is 1. The van der Waals surface area contributed by atoms with E-state index in [9.17, 15) is 9.59 Å². The van der Waals surface area contributed by atoms with E-state index < -0.39 is 5.41 Å². The summed E-state index contributed by atoms with van der Waals surface area (Å²) >= 11 is 0. The highest BCUT2D eigenvalue weighted by atomic mass is 16.5. The first-order valence-corrected chi connectivity index (χ1v) is 5.38. The summed E-state index contributed by atoms with van der Waals surface area (Å²) in [5, 5.41) is 0. The summed E-state index contributed by atoms with van der Waals surface area (Å²) in [7, 11) is 1.34. The molecule has 0 amide bonds. The maximum atomic E-state index is 11.8. The molecule has 15 heavy (non-hydrogen) atoms. The first-order valence-electron chi connectivity index (χ1n) is 5.38. The molecule has 0 aliphatic heterocycles. The van der Waals surface area contributed by atoms with E-state index in [2.05, 4.69) is 4.74 Å². The van der Waals surface area contributed by atoms with E-state index >= 15 is 0 Å². The Morgan fingerprint density at radius 3 is 2.33 bits per heavy atom. The summed E-state index contributed by atoms with van der Waals surface area (Å²) in [6.45, 7) is 2.14. The topological polar surface area (TPSA) is 52.6 Å². The van der Waals surface area contributed by atoms with E-state index in [0.717, 1.165) is 25.7 Å². The third kappa shape index (κ3) is 2.70. The molecule has 0 atom stereocenters. The van der Waals surface area contributed by atoms with E-state index in [1.165, 1.54) is 7.11 Å². The van der Waals surface area contributed by atoms with E-state index in [-0.39, 0.29) is 18.4 Å². The lowest BCUT2D eigenvalue weighted by atomic mass is 9.83. The average molecular weight is 214 g/mol. The van der Waals surface area contributed by atoms with Crippen LogP contribution in [0.4, 0.5) is 0 Å². The first-order chi connectivity index (χ1) is 7.14. The average Bonchev–Trinajstić information content (AvgIpc) is 2.68. The molecule has 1 rings (SSSR count). The lowest BCUT2D eigenvalue weighted by molar-refractivity contribution is -0.161. The van der Waals surface area contributed by atoms with Crippen molar-refractivity contribution in [2.75, 3.05) is 13.7 Å². The Labute approximate surface area is 89.9 Å². The Balaban J connectivity index is 2.69. The molecule has 0 bridgehead atoms. The molecule has 0 N–H and O–H groups in total. The Kier molecular flexibility index (Phi) is 4.12. The molecule has 0 heterocycles. The molecule has 1 aliphatic rings. The van der Waals surface area contributed by atoms with Crippen LogP contribution in [0.15, 0.2) is 0 Å². The Hall–Kier alpha value is -1.06. The highest BCUT2D eigenvalue weighted by Gasteiger charge is 2.44. The van der Waals surface area contributed by atoms with Gasteiger partial charge in [-0.1, -0.05) is 12.8 Å². The van der Waals surface area contributed by atoms with Crippen LogP contribution in [0.1, 0.15) is 39.0 Å². The lowest BCUT2D eigenvalue weighted by Crippen LogP contribution is -2.33. The minimum Gasteiger partial charge on any atom is -0.469 e. The summed E-state index contributed by atoms with van der Waals surface area (Å²) < 4.78 is 9.65. The molecule has 0 aromatic rings. The molecule has 0 aromatic carbocycles. The zero-order chi connectivity index (χ0) is 11.3.